The van der Waals surface area contributed by atoms with E-state index in [0.29, 0.717) is 13.0 Å². The van der Waals surface area contributed by atoms with Crippen LogP contribution in [0.15, 0.2) is 36.4 Å². The molecule has 0 aliphatic carbocycles. The minimum Gasteiger partial charge on any atom is -0.380 e. The Morgan fingerprint density at radius 2 is 2.15 bits per heavy atom. The highest BCUT2D eigenvalue weighted by atomic mass is 16.6. The van der Waals surface area contributed by atoms with Gasteiger partial charge in [-0.15, -0.1) is 0 Å². The number of carbonyl (C=O) groups is 1. The summed E-state index contributed by atoms with van der Waals surface area (Å²) in [7, 11) is 0. The highest BCUT2D eigenvalue weighted by molar-refractivity contribution is 5.82. The van der Waals surface area contributed by atoms with Crippen molar-refractivity contribution in [1.29, 1.82) is 0 Å². The van der Waals surface area contributed by atoms with E-state index in [4.69, 9.17) is 4.74 Å². The van der Waals surface area contributed by atoms with Gasteiger partial charge in [0.1, 0.15) is 5.78 Å². The van der Waals surface area contributed by atoms with Gasteiger partial charge in [0.2, 0.25) is 6.54 Å². The molecule has 0 unspecified atom stereocenters. The van der Waals surface area contributed by atoms with Crippen molar-refractivity contribution in [3.8, 4) is 0 Å². The lowest BCUT2D eigenvalue weighted by Crippen LogP contribution is -2.35. The summed E-state index contributed by atoms with van der Waals surface area (Å²) in [4.78, 5) is 22.3. The first-order valence-corrected chi connectivity index (χ1v) is 6.62. The summed E-state index contributed by atoms with van der Waals surface area (Å²) in [6.45, 7) is 0.447. The maximum absolute atomic E-state index is 11.9. The van der Waals surface area contributed by atoms with Gasteiger partial charge < -0.3 is 4.74 Å². The van der Waals surface area contributed by atoms with E-state index in [1.807, 2.05) is 36.4 Å². The van der Waals surface area contributed by atoms with Crippen molar-refractivity contribution >= 4 is 11.9 Å². The number of hydrogen-bond donors (Lipinski definition) is 0. The van der Waals surface area contributed by atoms with Crippen LogP contribution < -0.4 is 0 Å². The molecule has 5 heteroatoms. The fraction of sp³-hybridized carbons (Fsp3) is 0.400. The minimum atomic E-state index is -0.419. The molecule has 1 aliphatic rings. The van der Waals surface area contributed by atoms with E-state index < -0.39 is 11.8 Å². The Hall–Kier alpha value is -2.01. The first-order chi connectivity index (χ1) is 9.66. The molecule has 0 amide bonds. The van der Waals surface area contributed by atoms with Gasteiger partial charge in [-0.2, -0.15) is 0 Å². The molecular formula is C15H17NO4. The molecule has 1 fully saturated rings. The van der Waals surface area contributed by atoms with E-state index in [2.05, 4.69) is 0 Å². The molecule has 1 saturated heterocycles. The largest absolute Gasteiger partial charge is 0.380 e. The molecule has 5 nitrogen and oxygen atoms in total. The van der Waals surface area contributed by atoms with Crippen LogP contribution in [0.3, 0.4) is 0 Å². The normalized spacial score (nSPS) is 21.0. The number of ketones is 1. The van der Waals surface area contributed by atoms with Crippen LogP contribution in [0.4, 0.5) is 0 Å². The predicted molar refractivity (Wildman–Crippen MR) is 74.8 cm³/mol. The van der Waals surface area contributed by atoms with Gasteiger partial charge in [-0.3, -0.25) is 14.9 Å². The van der Waals surface area contributed by atoms with Gasteiger partial charge in [0.25, 0.3) is 0 Å². The van der Waals surface area contributed by atoms with Crippen molar-refractivity contribution in [2.75, 3.05) is 19.8 Å². The summed E-state index contributed by atoms with van der Waals surface area (Å²) in [6, 6.07) is 9.54. The lowest BCUT2D eigenvalue weighted by molar-refractivity contribution is -0.487. The SMILES string of the molecule is O=C1CCOC[C@H]1[C@H](/C=C/c1ccccc1)C[N+](=O)[O-]. The van der Waals surface area contributed by atoms with Crippen molar-refractivity contribution in [2.24, 2.45) is 11.8 Å². The standard InChI is InChI=1S/C15H17NO4/c17-15-8-9-20-11-14(15)13(10-16(18)19)7-6-12-4-2-1-3-5-12/h1-7,13-14H,8-11H2/b7-6+/t13-,14+/m1/s1. The highest BCUT2D eigenvalue weighted by Crippen LogP contribution is 2.22. The highest BCUT2D eigenvalue weighted by Gasteiger charge is 2.32. The quantitative estimate of drug-likeness (QED) is 0.610. The van der Waals surface area contributed by atoms with Crippen LogP contribution in [-0.4, -0.2) is 30.5 Å². The van der Waals surface area contributed by atoms with Gasteiger partial charge in [-0.05, 0) is 5.56 Å². The zero-order valence-electron chi connectivity index (χ0n) is 11.1. The van der Waals surface area contributed by atoms with Crippen molar-refractivity contribution in [3.63, 3.8) is 0 Å². The van der Waals surface area contributed by atoms with Crippen LogP contribution in [-0.2, 0) is 9.53 Å². The second-order valence-electron chi connectivity index (χ2n) is 4.85. The Morgan fingerprint density at radius 3 is 2.80 bits per heavy atom. The molecule has 1 heterocycles. The Balaban J connectivity index is 2.12. The Kier molecular flexibility index (Phi) is 5.01. The first kappa shape index (κ1) is 14.4. The molecule has 2 atom stereocenters. The van der Waals surface area contributed by atoms with Crippen LogP contribution in [0.25, 0.3) is 6.08 Å². The maximum atomic E-state index is 11.9. The molecule has 1 aromatic rings. The van der Waals surface area contributed by atoms with Crippen molar-refractivity contribution < 1.29 is 14.5 Å². The third kappa shape index (κ3) is 3.99. The number of carbonyl (C=O) groups excluding carboxylic acids is 1. The maximum Gasteiger partial charge on any atom is 0.210 e. The number of hydrogen-bond acceptors (Lipinski definition) is 4. The monoisotopic (exact) mass is 275 g/mol. The summed E-state index contributed by atoms with van der Waals surface area (Å²) in [5.74, 6) is -0.770. The van der Waals surface area contributed by atoms with Gasteiger partial charge in [0, 0.05) is 11.3 Å². The van der Waals surface area contributed by atoms with Gasteiger partial charge >= 0.3 is 0 Å². The van der Waals surface area contributed by atoms with E-state index in [1.54, 1.807) is 6.08 Å². The molecule has 0 bridgehead atoms. The molecule has 0 aromatic heterocycles. The Bertz CT molecular complexity index is 498. The average Bonchev–Trinajstić information content (AvgIpc) is 2.45. The molecule has 0 spiro atoms. The molecule has 2 rings (SSSR count). The van der Waals surface area contributed by atoms with E-state index in [1.165, 1.54) is 0 Å². The van der Waals surface area contributed by atoms with Crippen LogP contribution in [0.5, 0.6) is 0 Å². The topological polar surface area (TPSA) is 69.4 Å². The molecule has 1 aliphatic heterocycles. The number of ether oxygens (including phenoxy) is 1. The lowest BCUT2D eigenvalue weighted by Gasteiger charge is -2.24. The Labute approximate surface area is 117 Å². The first-order valence-electron chi connectivity index (χ1n) is 6.62. The molecular weight excluding hydrogens is 258 g/mol. The average molecular weight is 275 g/mol. The predicted octanol–water partition coefficient (Wildman–Crippen LogP) is 2.20. The van der Waals surface area contributed by atoms with Crippen molar-refractivity contribution in [3.05, 3.63) is 52.1 Å². The summed E-state index contributed by atoms with van der Waals surface area (Å²) >= 11 is 0. The third-order valence-electron chi connectivity index (χ3n) is 3.42. The van der Waals surface area contributed by atoms with Crippen LogP contribution in [0.2, 0.25) is 0 Å². The second-order valence-corrected chi connectivity index (χ2v) is 4.85. The molecule has 0 radical (unpaired) electrons. The fourth-order valence-electron chi connectivity index (χ4n) is 2.32. The number of nitrogens with zero attached hydrogens (tertiary/aromatic N) is 1. The van der Waals surface area contributed by atoms with Gasteiger partial charge in [0.15, 0.2) is 0 Å². The van der Waals surface area contributed by atoms with E-state index in [-0.39, 0.29) is 23.9 Å². The van der Waals surface area contributed by atoms with Gasteiger partial charge in [0.05, 0.1) is 25.0 Å². The van der Waals surface area contributed by atoms with E-state index in [0.717, 1.165) is 5.56 Å². The molecule has 0 N–H and O–H groups in total. The number of nitro groups is 1. The number of benzene rings is 1. The van der Waals surface area contributed by atoms with Crippen molar-refractivity contribution in [2.45, 2.75) is 6.42 Å². The smallest absolute Gasteiger partial charge is 0.210 e. The van der Waals surface area contributed by atoms with Crippen LogP contribution in [0, 0.1) is 22.0 Å². The number of Topliss-reactive ketones (excluding diaryl/α,β-unsaturated/α-hetero) is 1. The van der Waals surface area contributed by atoms with E-state index >= 15 is 0 Å². The molecule has 20 heavy (non-hydrogen) atoms. The third-order valence-corrected chi connectivity index (χ3v) is 3.42. The van der Waals surface area contributed by atoms with Crippen LogP contribution in [0.1, 0.15) is 12.0 Å². The van der Waals surface area contributed by atoms with Crippen molar-refractivity contribution in [1.82, 2.24) is 0 Å². The van der Waals surface area contributed by atoms with Gasteiger partial charge in [-0.25, -0.2) is 0 Å². The second kappa shape index (κ2) is 6.96. The van der Waals surface area contributed by atoms with Crippen LogP contribution >= 0.6 is 0 Å². The zero-order valence-corrected chi connectivity index (χ0v) is 11.1. The summed E-state index contributed by atoms with van der Waals surface area (Å²) in [5.41, 5.74) is 0.963. The summed E-state index contributed by atoms with van der Waals surface area (Å²) < 4.78 is 5.29. The summed E-state index contributed by atoms with van der Waals surface area (Å²) in [5, 5.41) is 10.8. The lowest BCUT2D eigenvalue weighted by atomic mass is 9.86. The fourth-order valence-corrected chi connectivity index (χ4v) is 2.32. The number of rotatable bonds is 5. The molecule has 1 aromatic carbocycles. The molecule has 0 saturated carbocycles. The van der Waals surface area contributed by atoms with E-state index in [9.17, 15) is 14.9 Å². The Morgan fingerprint density at radius 1 is 1.40 bits per heavy atom. The van der Waals surface area contributed by atoms with Gasteiger partial charge in [-0.1, -0.05) is 42.5 Å². The minimum absolute atomic E-state index is 0.0563. The molecule has 106 valence electrons. The zero-order chi connectivity index (χ0) is 14.4. The summed E-state index contributed by atoms with van der Waals surface area (Å²) in [6.07, 6.45) is 3.93.